The molecule has 0 bridgehead atoms. The van der Waals surface area contributed by atoms with Crippen LogP contribution in [0.15, 0.2) is 49.0 Å². The number of nitrogens with one attached hydrogen (secondary N) is 1. The second-order valence-corrected chi connectivity index (χ2v) is 4.74. The van der Waals surface area contributed by atoms with Gasteiger partial charge in [-0.05, 0) is 37.3 Å². The van der Waals surface area contributed by atoms with E-state index < -0.39 is 0 Å². The van der Waals surface area contributed by atoms with Crippen molar-refractivity contribution in [2.24, 2.45) is 0 Å². The minimum absolute atomic E-state index is 0.465. The molecule has 0 aromatic heterocycles. The number of hydrogen-bond acceptors (Lipinski definition) is 4. The van der Waals surface area contributed by atoms with Gasteiger partial charge in [0.1, 0.15) is 11.5 Å². The zero-order valence-electron chi connectivity index (χ0n) is 11.7. The molecule has 4 nitrogen and oxygen atoms in total. The fourth-order valence-electron chi connectivity index (χ4n) is 1.69. The maximum atomic E-state index is 6.10. The van der Waals surface area contributed by atoms with Crippen LogP contribution in [0.5, 0.6) is 11.5 Å². The predicted molar refractivity (Wildman–Crippen MR) is 86.2 cm³/mol. The van der Waals surface area contributed by atoms with Crippen molar-refractivity contribution in [3.8, 4) is 11.5 Å². The van der Waals surface area contributed by atoms with Crippen LogP contribution in [0.1, 0.15) is 12.5 Å². The maximum absolute atomic E-state index is 6.10. The lowest BCUT2D eigenvalue weighted by Crippen LogP contribution is -2.11. The highest BCUT2D eigenvalue weighted by molar-refractivity contribution is 6.32. The number of hydrogen-bond donors (Lipinski definition) is 2. The van der Waals surface area contributed by atoms with Crippen LogP contribution in [0, 0.1) is 0 Å². The Kier molecular flexibility index (Phi) is 5.09. The summed E-state index contributed by atoms with van der Waals surface area (Å²) < 4.78 is 5.76. The van der Waals surface area contributed by atoms with Gasteiger partial charge >= 0.3 is 0 Å². The van der Waals surface area contributed by atoms with Crippen molar-refractivity contribution in [3.05, 3.63) is 59.6 Å². The van der Waals surface area contributed by atoms with Crippen LogP contribution in [0.2, 0.25) is 5.02 Å². The van der Waals surface area contributed by atoms with E-state index in [9.17, 15) is 0 Å². The Bertz CT molecular complexity index is 644. The smallest absolute Gasteiger partial charge is 0.146 e. The van der Waals surface area contributed by atoms with Crippen molar-refractivity contribution in [1.29, 1.82) is 0 Å². The molecule has 2 aromatic rings. The molecule has 5 heteroatoms. The standard InChI is InChI=1S/C16H17ClN2O2/c1-3-20-19-11(2)12-5-4-6-14(9-12)21-16-8-7-13(18)10-15(16)17/h4-10,19H,2-3,18H2,1H3. The average molecular weight is 305 g/mol. The highest BCUT2D eigenvalue weighted by Gasteiger charge is 2.05. The Morgan fingerprint density at radius 1 is 1.29 bits per heavy atom. The van der Waals surface area contributed by atoms with Crippen LogP contribution in [0.4, 0.5) is 5.69 Å². The number of halogens is 1. The molecule has 0 heterocycles. The van der Waals surface area contributed by atoms with E-state index in [1.165, 1.54) is 0 Å². The van der Waals surface area contributed by atoms with Crippen molar-refractivity contribution < 1.29 is 9.57 Å². The van der Waals surface area contributed by atoms with Gasteiger partial charge in [0.15, 0.2) is 0 Å². The van der Waals surface area contributed by atoms with Crippen LogP contribution in [0.25, 0.3) is 5.70 Å². The first-order valence-corrected chi connectivity index (χ1v) is 6.88. The number of nitrogen functional groups attached to an aromatic ring is 1. The molecule has 0 aliphatic carbocycles. The molecule has 3 N–H and O–H groups in total. The molecule has 21 heavy (non-hydrogen) atoms. The lowest BCUT2D eigenvalue weighted by molar-refractivity contribution is 0.0901. The van der Waals surface area contributed by atoms with Crippen molar-refractivity contribution in [3.63, 3.8) is 0 Å². The Hall–Kier alpha value is -2.17. The van der Waals surface area contributed by atoms with E-state index in [0.717, 1.165) is 5.56 Å². The Labute approximate surface area is 129 Å². The summed E-state index contributed by atoms with van der Waals surface area (Å²) >= 11 is 6.10. The highest BCUT2D eigenvalue weighted by Crippen LogP contribution is 2.31. The zero-order valence-corrected chi connectivity index (χ0v) is 12.5. The molecule has 0 aliphatic heterocycles. The lowest BCUT2D eigenvalue weighted by Gasteiger charge is -2.11. The summed E-state index contributed by atoms with van der Waals surface area (Å²) in [6.07, 6.45) is 0. The lowest BCUT2D eigenvalue weighted by atomic mass is 10.2. The molecule has 0 unspecified atom stereocenters. The fraction of sp³-hybridized carbons (Fsp3) is 0.125. The van der Waals surface area contributed by atoms with E-state index in [-0.39, 0.29) is 0 Å². The average Bonchev–Trinajstić information content (AvgIpc) is 2.48. The third-order valence-electron chi connectivity index (χ3n) is 2.71. The molecule has 2 rings (SSSR count). The van der Waals surface area contributed by atoms with Crippen molar-refractivity contribution >= 4 is 23.0 Å². The Morgan fingerprint density at radius 3 is 2.81 bits per heavy atom. The number of hydroxylamine groups is 1. The van der Waals surface area contributed by atoms with Crippen molar-refractivity contribution in [2.45, 2.75) is 6.92 Å². The summed E-state index contributed by atoms with van der Waals surface area (Å²) in [6, 6.07) is 12.6. The van der Waals surface area contributed by atoms with Gasteiger partial charge in [-0.3, -0.25) is 10.3 Å². The third-order valence-corrected chi connectivity index (χ3v) is 3.00. The van der Waals surface area contributed by atoms with Gasteiger partial charge < -0.3 is 10.5 Å². The van der Waals surface area contributed by atoms with Gasteiger partial charge in [0, 0.05) is 11.3 Å². The largest absolute Gasteiger partial charge is 0.456 e. The number of anilines is 1. The Morgan fingerprint density at radius 2 is 2.10 bits per heavy atom. The Balaban J connectivity index is 2.15. The molecule has 0 amide bonds. The first-order valence-electron chi connectivity index (χ1n) is 6.50. The van der Waals surface area contributed by atoms with Crippen molar-refractivity contribution in [2.75, 3.05) is 12.3 Å². The number of rotatable bonds is 6. The quantitative estimate of drug-likeness (QED) is 0.619. The molecular formula is C16H17ClN2O2. The maximum Gasteiger partial charge on any atom is 0.146 e. The van der Waals surface area contributed by atoms with Gasteiger partial charge in [0.25, 0.3) is 0 Å². The zero-order chi connectivity index (χ0) is 15.2. The van der Waals surface area contributed by atoms with Crippen LogP contribution < -0.4 is 16.0 Å². The van der Waals surface area contributed by atoms with E-state index >= 15 is 0 Å². The summed E-state index contributed by atoms with van der Waals surface area (Å²) in [4.78, 5) is 5.11. The van der Waals surface area contributed by atoms with Crippen LogP contribution in [-0.2, 0) is 4.84 Å². The fourth-order valence-corrected chi connectivity index (χ4v) is 1.92. The predicted octanol–water partition coefficient (Wildman–Crippen LogP) is 4.23. The number of ether oxygens (including phenoxy) is 1. The van der Waals surface area contributed by atoms with Crippen molar-refractivity contribution in [1.82, 2.24) is 5.48 Å². The number of nitrogens with two attached hydrogens (primary N) is 1. The summed E-state index contributed by atoms with van der Waals surface area (Å²) in [5.41, 5.74) is 10.5. The monoisotopic (exact) mass is 304 g/mol. The molecule has 0 radical (unpaired) electrons. The SMILES string of the molecule is C=C(NOCC)c1cccc(Oc2ccc(N)cc2Cl)c1. The third kappa shape index (κ3) is 4.15. The summed E-state index contributed by atoms with van der Waals surface area (Å²) in [5.74, 6) is 1.20. The first-order chi connectivity index (χ1) is 10.1. The topological polar surface area (TPSA) is 56.5 Å². The van der Waals surface area contributed by atoms with E-state index in [1.54, 1.807) is 18.2 Å². The molecule has 0 fully saturated rings. The van der Waals surface area contributed by atoms with Gasteiger partial charge in [-0.2, -0.15) is 0 Å². The van der Waals surface area contributed by atoms with Gasteiger partial charge in [-0.25, -0.2) is 0 Å². The highest BCUT2D eigenvalue weighted by atomic mass is 35.5. The minimum Gasteiger partial charge on any atom is -0.456 e. The molecule has 0 saturated heterocycles. The molecule has 0 saturated carbocycles. The van der Waals surface area contributed by atoms with Gasteiger partial charge in [0.05, 0.1) is 17.3 Å². The van der Waals surface area contributed by atoms with Gasteiger partial charge in [-0.15, -0.1) is 0 Å². The number of benzene rings is 2. The second kappa shape index (κ2) is 7.02. The molecule has 2 aromatic carbocycles. The van der Waals surface area contributed by atoms with Crippen LogP contribution >= 0.6 is 11.6 Å². The molecular weight excluding hydrogens is 288 g/mol. The van der Waals surface area contributed by atoms with Crippen LogP contribution in [-0.4, -0.2) is 6.61 Å². The van der Waals surface area contributed by atoms with Gasteiger partial charge in [-0.1, -0.05) is 30.3 Å². The van der Waals surface area contributed by atoms with E-state index in [2.05, 4.69) is 12.1 Å². The van der Waals surface area contributed by atoms with E-state index in [0.29, 0.717) is 34.5 Å². The summed E-state index contributed by atoms with van der Waals surface area (Å²) in [6.45, 7) is 6.35. The second-order valence-electron chi connectivity index (χ2n) is 4.33. The van der Waals surface area contributed by atoms with E-state index in [4.69, 9.17) is 26.9 Å². The summed E-state index contributed by atoms with van der Waals surface area (Å²) in [7, 11) is 0. The molecule has 0 aliphatic rings. The normalized spacial score (nSPS) is 10.2. The van der Waals surface area contributed by atoms with Crippen LogP contribution in [0.3, 0.4) is 0 Å². The summed E-state index contributed by atoms with van der Waals surface area (Å²) in [5, 5.41) is 0.465. The first kappa shape index (κ1) is 15.2. The van der Waals surface area contributed by atoms with Gasteiger partial charge in [0.2, 0.25) is 0 Å². The minimum atomic E-state index is 0.465. The molecule has 110 valence electrons. The van der Waals surface area contributed by atoms with E-state index in [1.807, 2.05) is 31.2 Å². The molecule has 0 spiro atoms. The molecule has 0 atom stereocenters.